The molecule has 1 N–H and O–H groups in total. The third kappa shape index (κ3) is 6.58. The highest BCUT2D eigenvalue weighted by Crippen LogP contribution is 2.25. The van der Waals surface area contributed by atoms with Crippen LogP contribution in [0.4, 0.5) is 5.69 Å². The minimum absolute atomic E-state index is 0.0502. The standard InChI is InChI=1S/C22H27N3O3S/c1-17(29-21-11-9-20(10-12-21)25(27)28)22(26)23-15-18-5-7-19(8-6-18)16-24-13-3-2-4-14-24/h5-12,17H,2-4,13-16H2,1H3,(H,23,26)/t17-/m1/s1. The SMILES string of the molecule is C[C@@H](Sc1ccc([N+](=O)[O-])cc1)C(=O)NCc1ccc(CN2CCCCC2)cc1. The van der Waals surface area contributed by atoms with Crippen LogP contribution >= 0.6 is 11.8 Å². The van der Waals surface area contributed by atoms with Gasteiger partial charge in [0.1, 0.15) is 0 Å². The summed E-state index contributed by atoms with van der Waals surface area (Å²) in [4.78, 5) is 26.0. The van der Waals surface area contributed by atoms with Gasteiger partial charge in [0.25, 0.3) is 5.69 Å². The maximum Gasteiger partial charge on any atom is 0.269 e. The Balaban J connectivity index is 1.44. The highest BCUT2D eigenvalue weighted by atomic mass is 32.2. The van der Waals surface area contributed by atoms with Crippen molar-refractivity contribution in [2.24, 2.45) is 0 Å². The lowest BCUT2D eigenvalue weighted by Gasteiger charge is -2.26. The number of rotatable bonds is 8. The smallest absolute Gasteiger partial charge is 0.269 e. The van der Waals surface area contributed by atoms with E-state index in [-0.39, 0.29) is 16.8 Å². The lowest BCUT2D eigenvalue weighted by molar-refractivity contribution is -0.384. The number of thioether (sulfide) groups is 1. The van der Waals surface area contributed by atoms with Gasteiger partial charge < -0.3 is 5.32 Å². The van der Waals surface area contributed by atoms with Crippen LogP contribution in [-0.4, -0.2) is 34.1 Å². The molecule has 0 aromatic heterocycles. The Labute approximate surface area is 175 Å². The molecule has 0 bridgehead atoms. The molecule has 0 unspecified atom stereocenters. The van der Waals surface area contributed by atoms with Crippen LogP contribution in [0, 0.1) is 10.1 Å². The molecule has 2 aromatic carbocycles. The van der Waals surface area contributed by atoms with Crippen LogP contribution in [-0.2, 0) is 17.9 Å². The van der Waals surface area contributed by atoms with E-state index in [0.29, 0.717) is 6.54 Å². The zero-order valence-corrected chi connectivity index (χ0v) is 17.5. The van der Waals surface area contributed by atoms with Crippen molar-refractivity contribution in [2.45, 2.75) is 49.4 Å². The number of carbonyl (C=O) groups excluding carboxylic acids is 1. The molecule has 7 heteroatoms. The monoisotopic (exact) mass is 413 g/mol. The number of amides is 1. The molecule has 154 valence electrons. The van der Waals surface area contributed by atoms with Crippen LogP contribution in [0.2, 0.25) is 0 Å². The van der Waals surface area contributed by atoms with Crippen LogP contribution in [0.25, 0.3) is 0 Å². The number of piperidine rings is 1. The number of hydrogen-bond donors (Lipinski definition) is 1. The Bertz CT molecular complexity index is 818. The van der Waals surface area contributed by atoms with E-state index in [1.807, 2.05) is 6.92 Å². The molecule has 2 aromatic rings. The van der Waals surface area contributed by atoms with Gasteiger partial charge in [-0.05, 0) is 56.1 Å². The maximum absolute atomic E-state index is 12.4. The molecule has 0 spiro atoms. The fourth-order valence-electron chi connectivity index (χ4n) is 3.38. The molecule has 1 heterocycles. The zero-order chi connectivity index (χ0) is 20.6. The number of nitrogens with zero attached hydrogens (tertiary/aromatic N) is 2. The van der Waals surface area contributed by atoms with Gasteiger partial charge in [0.15, 0.2) is 0 Å². The van der Waals surface area contributed by atoms with E-state index >= 15 is 0 Å². The number of likely N-dealkylation sites (tertiary alicyclic amines) is 1. The Kier molecular flexibility index (Phi) is 7.66. The van der Waals surface area contributed by atoms with Gasteiger partial charge in [0.05, 0.1) is 10.2 Å². The molecule has 1 atom stereocenters. The summed E-state index contributed by atoms with van der Waals surface area (Å²) in [6, 6.07) is 14.7. The van der Waals surface area contributed by atoms with Crippen molar-refractivity contribution < 1.29 is 9.72 Å². The molecule has 1 aliphatic rings. The van der Waals surface area contributed by atoms with Gasteiger partial charge in [0.2, 0.25) is 5.91 Å². The fraction of sp³-hybridized carbons (Fsp3) is 0.409. The summed E-state index contributed by atoms with van der Waals surface area (Å²) in [5.74, 6) is -0.0502. The second kappa shape index (κ2) is 10.4. The number of non-ortho nitro benzene ring substituents is 1. The number of benzene rings is 2. The molecular formula is C22H27N3O3S. The second-order valence-electron chi connectivity index (χ2n) is 7.38. The van der Waals surface area contributed by atoms with Crippen molar-refractivity contribution in [3.63, 3.8) is 0 Å². The lowest BCUT2D eigenvalue weighted by Crippen LogP contribution is -2.30. The Morgan fingerprint density at radius 1 is 1.07 bits per heavy atom. The summed E-state index contributed by atoms with van der Waals surface area (Å²) < 4.78 is 0. The van der Waals surface area contributed by atoms with Crippen molar-refractivity contribution in [1.82, 2.24) is 10.2 Å². The normalized spacial score (nSPS) is 15.6. The lowest BCUT2D eigenvalue weighted by atomic mass is 10.1. The number of nitrogens with one attached hydrogen (secondary N) is 1. The molecular weight excluding hydrogens is 386 g/mol. The van der Waals surface area contributed by atoms with Crippen molar-refractivity contribution in [3.05, 3.63) is 69.8 Å². The van der Waals surface area contributed by atoms with E-state index in [0.717, 1.165) is 17.0 Å². The minimum atomic E-state index is -0.428. The summed E-state index contributed by atoms with van der Waals surface area (Å²) in [6.45, 7) is 5.69. The molecule has 3 rings (SSSR count). The van der Waals surface area contributed by atoms with Crippen LogP contribution in [0.3, 0.4) is 0 Å². The molecule has 29 heavy (non-hydrogen) atoms. The van der Waals surface area contributed by atoms with Gasteiger partial charge in [-0.3, -0.25) is 19.8 Å². The van der Waals surface area contributed by atoms with E-state index < -0.39 is 4.92 Å². The van der Waals surface area contributed by atoms with Crippen LogP contribution < -0.4 is 5.32 Å². The molecule has 1 fully saturated rings. The highest BCUT2D eigenvalue weighted by molar-refractivity contribution is 8.00. The third-order valence-corrected chi connectivity index (χ3v) is 6.19. The van der Waals surface area contributed by atoms with Gasteiger partial charge in [-0.1, -0.05) is 30.7 Å². The maximum atomic E-state index is 12.4. The largest absolute Gasteiger partial charge is 0.351 e. The van der Waals surface area contributed by atoms with Gasteiger partial charge in [-0.2, -0.15) is 0 Å². The van der Waals surface area contributed by atoms with E-state index in [4.69, 9.17) is 0 Å². The Hall–Kier alpha value is -2.38. The molecule has 1 aliphatic heterocycles. The van der Waals surface area contributed by atoms with E-state index in [1.165, 1.54) is 61.8 Å². The van der Waals surface area contributed by atoms with Gasteiger partial charge >= 0.3 is 0 Å². The fourth-order valence-corrected chi connectivity index (χ4v) is 4.27. The molecule has 1 amide bonds. The predicted molar refractivity (Wildman–Crippen MR) is 116 cm³/mol. The summed E-state index contributed by atoms with van der Waals surface area (Å²) in [5.41, 5.74) is 2.44. The molecule has 0 saturated carbocycles. The minimum Gasteiger partial charge on any atom is -0.351 e. The first-order chi connectivity index (χ1) is 14.0. The number of nitro groups is 1. The topological polar surface area (TPSA) is 75.5 Å². The third-order valence-electron chi connectivity index (χ3n) is 5.07. The number of nitro benzene ring substituents is 1. The zero-order valence-electron chi connectivity index (χ0n) is 16.7. The second-order valence-corrected chi connectivity index (χ2v) is 8.80. The number of hydrogen-bond acceptors (Lipinski definition) is 5. The molecule has 1 saturated heterocycles. The van der Waals surface area contributed by atoms with Crippen molar-refractivity contribution in [1.29, 1.82) is 0 Å². The van der Waals surface area contributed by atoms with E-state index in [2.05, 4.69) is 34.5 Å². The quantitative estimate of drug-likeness (QED) is 0.395. The van der Waals surface area contributed by atoms with Crippen molar-refractivity contribution in [2.75, 3.05) is 13.1 Å². The summed E-state index contributed by atoms with van der Waals surface area (Å²) >= 11 is 1.39. The van der Waals surface area contributed by atoms with Gasteiger partial charge in [-0.15, -0.1) is 11.8 Å². The Morgan fingerprint density at radius 2 is 1.69 bits per heavy atom. The van der Waals surface area contributed by atoms with E-state index in [1.54, 1.807) is 12.1 Å². The predicted octanol–water partition coefficient (Wildman–Crippen LogP) is 4.38. The summed E-state index contributed by atoms with van der Waals surface area (Å²) in [5, 5.41) is 13.4. The average Bonchev–Trinajstić information content (AvgIpc) is 2.74. The van der Waals surface area contributed by atoms with Crippen LogP contribution in [0.1, 0.15) is 37.3 Å². The Morgan fingerprint density at radius 3 is 2.31 bits per heavy atom. The van der Waals surface area contributed by atoms with Gasteiger partial charge in [-0.25, -0.2) is 0 Å². The first-order valence-corrected chi connectivity index (χ1v) is 10.9. The molecule has 0 radical (unpaired) electrons. The van der Waals surface area contributed by atoms with Crippen LogP contribution in [0.15, 0.2) is 53.4 Å². The van der Waals surface area contributed by atoms with E-state index in [9.17, 15) is 14.9 Å². The highest BCUT2D eigenvalue weighted by Gasteiger charge is 2.15. The molecule has 0 aliphatic carbocycles. The molecule has 6 nitrogen and oxygen atoms in total. The first-order valence-electron chi connectivity index (χ1n) is 10.0. The van der Waals surface area contributed by atoms with Crippen molar-refractivity contribution in [3.8, 4) is 0 Å². The first kappa shape index (κ1) is 21.3. The number of carbonyl (C=O) groups is 1. The van der Waals surface area contributed by atoms with Crippen molar-refractivity contribution >= 4 is 23.4 Å². The summed E-state index contributed by atoms with van der Waals surface area (Å²) in [6.07, 6.45) is 3.93. The average molecular weight is 414 g/mol. The summed E-state index contributed by atoms with van der Waals surface area (Å²) in [7, 11) is 0. The van der Waals surface area contributed by atoms with Gasteiger partial charge in [0, 0.05) is 30.1 Å². The van der Waals surface area contributed by atoms with Crippen LogP contribution in [0.5, 0.6) is 0 Å².